The number of carbonyl (C=O) groups is 1. The van der Waals surface area contributed by atoms with Crippen LogP contribution in [0.5, 0.6) is 0 Å². The number of thiol groups is 1. The largest absolute Gasteiger partial charge is 0.459 e. The minimum Gasteiger partial charge on any atom is -0.459 e. The van der Waals surface area contributed by atoms with Gasteiger partial charge in [-0.3, -0.25) is 4.79 Å². The van der Waals surface area contributed by atoms with Gasteiger partial charge in [0.15, 0.2) is 4.75 Å². The van der Waals surface area contributed by atoms with Crippen molar-refractivity contribution in [3.8, 4) is 0 Å². The number of ether oxygens (including phenoxy) is 1. The van der Waals surface area contributed by atoms with Gasteiger partial charge in [-0.2, -0.15) is 25.8 Å². The Hall–Kier alpha value is -1.06. The van der Waals surface area contributed by atoms with Crippen LogP contribution in [0.1, 0.15) is 49.1 Å². The predicted molar refractivity (Wildman–Crippen MR) is 132 cm³/mol. The lowest BCUT2D eigenvalue weighted by Gasteiger charge is -2.30. The number of hydrogen-bond donors (Lipinski definition) is 1. The third-order valence-electron chi connectivity index (χ3n) is 4.77. The first-order valence-electron chi connectivity index (χ1n) is 9.62. The number of halogens is 6. The van der Waals surface area contributed by atoms with E-state index in [4.69, 9.17) is 39.5 Å². The highest BCUT2D eigenvalue weighted by Gasteiger charge is 2.60. The number of rotatable bonds is 4. The van der Waals surface area contributed by atoms with Crippen molar-refractivity contribution >= 4 is 71.1 Å². The molecule has 2 atom stereocenters. The first kappa shape index (κ1) is 26.5. The van der Waals surface area contributed by atoms with Crippen LogP contribution < -0.4 is 0 Å². The Morgan fingerprint density at radius 2 is 1.73 bits per heavy atom. The smallest absolute Gasteiger partial charge is 0.409 e. The first-order valence-corrected chi connectivity index (χ1v) is 12.0. The molecule has 1 aliphatic rings. The van der Waals surface area contributed by atoms with Crippen LogP contribution in [0.4, 0.5) is 13.2 Å². The van der Waals surface area contributed by atoms with E-state index in [2.05, 4.69) is 17.0 Å². The SMILES string of the molecule is CC(C)(C)OC(=O)C(S)c1ccc(C2=NSC(c3cc(Cl)cc(Cl)c3)(C(F)(F)F)C2)cc1Cl. The zero-order valence-electron chi connectivity index (χ0n) is 17.6. The summed E-state index contributed by atoms with van der Waals surface area (Å²) in [7, 11) is 0. The standard InChI is InChI=1S/C22H19Cl3F3NO2S2/c1-20(2,3)31-19(30)18(32)15-5-4-11(6-16(15)25)17-10-21(33-29-17,22(26,27)28)12-7-13(23)9-14(24)8-12/h4-9,18,32H,10H2,1-3H3. The van der Waals surface area contributed by atoms with Crippen LogP contribution >= 0.6 is 59.4 Å². The molecule has 0 bridgehead atoms. The molecular weight excluding hydrogens is 538 g/mol. The van der Waals surface area contributed by atoms with E-state index in [1.807, 2.05) is 0 Å². The van der Waals surface area contributed by atoms with E-state index in [1.165, 1.54) is 30.3 Å². The van der Waals surface area contributed by atoms with Crippen molar-refractivity contribution < 1.29 is 22.7 Å². The van der Waals surface area contributed by atoms with E-state index in [1.54, 1.807) is 26.8 Å². The number of carbonyl (C=O) groups excluding carboxylic acids is 1. The fourth-order valence-electron chi connectivity index (χ4n) is 3.26. The lowest BCUT2D eigenvalue weighted by Crippen LogP contribution is -2.38. The van der Waals surface area contributed by atoms with E-state index in [0.717, 1.165) is 0 Å². The lowest BCUT2D eigenvalue weighted by atomic mass is 9.89. The van der Waals surface area contributed by atoms with Gasteiger partial charge in [0.05, 0.1) is 5.71 Å². The second-order valence-electron chi connectivity index (χ2n) is 8.46. The molecule has 2 unspecified atom stereocenters. The van der Waals surface area contributed by atoms with Gasteiger partial charge >= 0.3 is 12.1 Å². The Bertz CT molecular complexity index is 1100. The number of esters is 1. The molecule has 0 saturated heterocycles. The van der Waals surface area contributed by atoms with Crippen LogP contribution in [-0.4, -0.2) is 23.5 Å². The maximum atomic E-state index is 14.3. The highest BCUT2D eigenvalue weighted by Crippen LogP contribution is 2.57. The molecule has 1 aliphatic heterocycles. The van der Waals surface area contributed by atoms with Crippen molar-refractivity contribution in [2.45, 2.75) is 49.0 Å². The molecule has 0 aliphatic carbocycles. The van der Waals surface area contributed by atoms with E-state index in [-0.39, 0.29) is 26.3 Å². The molecule has 0 radical (unpaired) electrons. The van der Waals surface area contributed by atoms with Gasteiger partial charge in [-0.25, -0.2) is 4.40 Å². The third kappa shape index (κ3) is 5.78. The van der Waals surface area contributed by atoms with Crippen molar-refractivity contribution in [1.29, 1.82) is 0 Å². The monoisotopic (exact) mass is 555 g/mol. The Morgan fingerprint density at radius 1 is 1.12 bits per heavy atom. The molecule has 33 heavy (non-hydrogen) atoms. The topological polar surface area (TPSA) is 38.7 Å². The summed E-state index contributed by atoms with van der Waals surface area (Å²) >= 11 is 23.0. The Kier molecular flexibility index (Phi) is 7.67. The van der Waals surface area contributed by atoms with Crippen LogP contribution in [0, 0.1) is 0 Å². The molecule has 3 rings (SSSR count). The molecule has 0 N–H and O–H groups in total. The summed E-state index contributed by atoms with van der Waals surface area (Å²) in [5, 5.41) is -0.580. The Morgan fingerprint density at radius 3 is 2.24 bits per heavy atom. The molecule has 0 fully saturated rings. The molecule has 2 aromatic carbocycles. The van der Waals surface area contributed by atoms with Crippen LogP contribution in [0.25, 0.3) is 0 Å². The van der Waals surface area contributed by atoms with Gasteiger partial charge in [-0.05, 0) is 73.7 Å². The van der Waals surface area contributed by atoms with E-state index in [0.29, 0.717) is 23.1 Å². The minimum absolute atomic E-state index is 0.0840. The summed E-state index contributed by atoms with van der Waals surface area (Å²) in [6.45, 7) is 5.18. The minimum atomic E-state index is -4.63. The predicted octanol–water partition coefficient (Wildman–Crippen LogP) is 8.26. The normalized spacial score (nSPS) is 19.9. The summed E-state index contributed by atoms with van der Waals surface area (Å²) in [5.74, 6) is -0.580. The van der Waals surface area contributed by atoms with Crippen molar-refractivity contribution in [1.82, 2.24) is 0 Å². The van der Waals surface area contributed by atoms with Crippen LogP contribution in [-0.2, 0) is 14.3 Å². The molecule has 2 aromatic rings. The maximum Gasteiger partial charge on any atom is 0.409 e. The quantitative estimate of drug-likeness (QED) is 0.234. The Labute approximate surface area is 214 Å². The average Bonchev–Trinajstić information content (AvgIpc) is 3.12. The number of alkyl halides is 3. The third-order valence-corrected chi connectivity index (χ3v) is 7.26. The van der Waals surface area contributed by atoms with Crippen molar-refractivity contribution in [2.24, 2.45) is 4.40 Å². The second kappa shape index (κ2) is 9.53. The van der Waals surface area contributed by atoms with Gasteiger partial charge < -0.3 is 4.74 Å². The summed E-state index contributed by atoms with van der Waals surface area (Å²) in [5.41, 5.74) is 0.201. The first-order chi connectivity index (χ1) is 15.1. The van der Waals surface area contributed by atoms with Gasteiger partial charge in [0.2, 0.25) is 0 Å². The summed E-state index contributed by atoms with van der Waals surface area (Å²) in [6.07, 6.45) is -5.07. The van der Waals surface area contributed by atoms with Gasteiger partial charge in [-0.15, -0.1) is 0 Å². The van der Waals surface area contributed by atoms with E-state index in [9.17, 15) is 18.0 Å². The molecule has 3 nitrogen and oxygen atoms in total. The fourth-order valence-corrected chi connectivity index (χ4v) is 5.39. The van der Waals surface area contributed by atoms with Crippen molar-refractivity contribution in [3.63, 3.8) is 0 Å². The molecule has 0 saturated carbocycles. The summed E-state index contributed by atoms with van der Waals surface area (Å²) in [6, 6.07) is 8.43. The molecule has 11 heteroatoms. The van der Waals surface area contributed by atoms with E-state index < -0.39 is 34.2 Å². The molecular formula is C22H19Cl3F3NO2S2. The van der Waals surface area contributed by atoms with Crippen LogP contribution in [0.3, 0.4) is 0 Å². The van der Waals surface area contributed by atoms with Gasteiger partial charge in [0.1, 0.15) is 10.9 Å². The van der Waals surface area contributed by atoms with Gasteiger partial charge in [-0.1, -0.05) is 46.9 Å². The van der Waals surface area contributed by atoms with Crippen LogP contribution in [0.15, 0.2) is 40.8 Å². The van der Waals surface area contributed by atoms with E-state index >= 15 is 0 Å². The zero-order valence-corrected chi connectivity index (χ0v) is 21.6. The highest BCUT2D eigenvalue weighted by molar-refractivity contribution is 7.99. The van der Waals surface area contributed by atoms with Gasteiger partial charge in [0.25, 0.3) is 0 Å². The number of nitrogens with zero attached hydrogens (tertiary/aromatic N) is 1. The second-order valence-corrected chi connectivity index (χ2v) is 11.3. The molecule has 0 aromatic heterocycles. The lowest BCUT2D eigenvalue weighted by molar-refractivity contribution is -0.160. The van der Waals surface area contributed by atoms with Crippen molar-refractivity contribution in [3.05, 3.63) is 68.2 Å². The average molecular weight is 557 g/mol. The number of benzene rings is 2. The summed E-state index contributed by atoms with van der Waals surface area (Å²) < 4.78 is 49.9. The van der Waals surface area contributed by atoms with Crippen LogP contribution in [0.2, 0.25) is 15.1 Å². The number of hydrogen-bond acceptors (Lipinski definition) is 5. The summed E-state index contributed by atoms with van der Waals surface area (Å²) in [4.78, 5) is 12.3. The highest BCUT2D eigenvalue weighted by atomic mass is 35.5. The zero-order chi connectivity index (χ0) is 24.8. The maximum absolute atomic E-state index is 14.3. The van der Waals surface area contributed by atoms with Gasteiger partial charge in [0, 0.05) is 21.5 Å². The van der Waals surface area contributed by atoms with Crippen molar-refractivity contribution in [2.75, 3.05) is 0 Å². The Balaban J connectivity index is 1.91. The molecule has 178 valence electrons. The fraction of sp³-hybridized carbons (Fsp3) is 0.364. The molecule has 0 amide bonds. The molecule has 0 spiro atoms. The molecule has 1 heterocycles.